The normalized spacial score (nSPS) is 11.9. The van der Waals surface area contributed by atoms with Gasteiger partial charge in [0.25, 0.3) is 0 Å². The van der Waals surface area contributed by atoms with Crippen LogP contribution in [-0.4, -0.2) is 23.4 Å². The van der Waals surface area contributed by atoms with Gasteiger partial charge < -0.3 is 0 Å². The minimum absolute atomic E-state index is 0.254. The van der Waals surface area contributed by atoms with Crippen molar-refractivity contribution in [3.8, 4) is 0 Å². The molecule has 13 heavy (non-hydrogen) atoms. The molecule has 0 saturated carbocycles. The Labute approximate surface area is 83.2 Å². The van der Waals surface area contributed by atoms with E-state index in [4.69, 9.17) is 0 Å². The first kappa shape index (κ1) is 10.5. The Morgan fingerprint density at radius 2 is 2.00 bits per heavy atom. The van der Waals surface area contributed by atoms with Crippen LogP contribution in [0.4, 0.5) is 0 Å². The molecule has 0 fully saturated rings. The zero-order valence-corrected chi connectivity index (χ0v) is 8.79. The predicted molar refractivity (Wildman–Crippen MR) is 53.6 cm³/mol. The van der Waals surface area contributed by atoms with Gasteiger partial charge in [-0.05, 0) is 17.7 Å². The summed E-state index contributed by atoms with van der Waals surface area (Å²) >= 11 is 3.85. The number of sulfonamides is 1. The summed E-state index contributed by atoms with van der Waals surface area (Å²) in [5.41, 5.74) is 0.857. The summed E-state index contributed by atoms with van der Waals surface area (Å²) in [5, 5.41) is 0. The highest BCUT2D eigenvalue weighted by atomic mass is 32.3. The Bertz CT molecular complexity index is 363. The largest absolute Gasteiger partial charge is 0.265 e. The van der Waals surface area contributed by atoms with E-state index in [1.54, 1.807) is 24.5 Å². The van der Waals surface area contributed by atoms with Crippen molar-refractivity contribution in [2.75, 3.05) is 6.26 Å². The third-order valence-corrected chi connectivity index (χ3v) is 3.38. The van der Waals surface area contributed by atoms with Crippen LogP contribution in [0, 0.1) is 0 Å². The molecule has 6 heteroatoms. The second kappa shape index (κ2) is 4.08. The van der Waals surface area contributed by atoms with E-state index in [1.807, 2.05) is 0 Å². The molecule has 4 nitrogen and oxygen atoms in total. The SMILES string of the molecule is CS(=O)(=O)N(S)Cc1ccncc1. The number of pyridine rings is 1. The fourth-order valence-electron chi connectivity index (χ4n) is 0.762. The van der Waals surface area contributed by atoms with Gasteiger partial charge in [-0.15, -0.1) is 3.71 Å². The van der Waals surface area contributed by atoms with Crippen molar-refractivity contribution in [3.63, 3.8) is 0 Å². The maximum absolute atomic E-state index is 11.0. The van der Waals surface area contributed by atoms with Gasteiger partial charge in [0.15, 0.2) is 0 Å². The van der Waals surface area contributed by atoms with Gasteiger partial charge in [-0.2, -0.15) is 0 Å². The van der Waals surface area contributed by atoms with E-state index in [1.165, 1.54) is 0 Å². The molecule has 1 rings (SSSR count). The quantitative estimate of drug-likeness (QED) is 0.759. The maximum atomic E-state index is 11.0. The molecule has 0 aliphatic heterocycles. The van der Waals surface area contributed by atoms with Crippen LogP contribution in [0.25, 0.3) is 0 Å². The molecular formula is C7H10N2O2S2. The standard InChI is InChI=1S/C7H10N2O2S2/c1-13(10,11)9(12)6-7-2-4-8-5-3-7/h2-5,12H,6H2,1H3. The maximum Gasteiger partial charge on any atom is 0.220 e. The summed E-state index contributed by atoms with van der Waals surface area (Å²) in [6, 6.07) is 3.49. The Kier molecular flexibility index (Phi) is 3.29. The summed E-state index contributed by atoms with van der Waals surface area (Å²) in [6.45, 7) is 0.254. The highest BCUT2D eigenvalue weighted by molar-refractivity contribution is 7.99. The highest BCUT2D eigenvalue weighted by Crippen LogP contribution is 2.08. The van der Waals surface area contributed by atoms with Crippen molar-refractivity contribution >= 4 is 22.8 Å². The van der Waals surface area contributed by atoms with Crippen molar-refractivity contribution in [1.29, 1.82) is 0 Å². The third kappa shape index (κ3) is 3.33. The first-order valence-corrected chi connectivity index (χ1v) is 5.80. The van der Waals surface area contributed by atoms with Crippen molar-refractivity contribution in [1.82, 2.24) is 8.69 Å². The lowest BCUT2D eigenvalue weighted by Gasteiger charge is -2.11. The number of thiol groups is 1. The first-order chi connectivity index (χ1) is 6.00. The molecule has 0 amide bonds. The predicted octanol–water partition coefficient (Wildman–Crippen LogP) is 0.688. The molecule has 0 saturated heterocycles. The fraction of sp³-hybridized carbons (Fsp3) is 0.286. The highest BCUT2D eigenvalue weighted by Gasteiger charge is 2.11. The molecule has 1 aromatic rings. The van der Waals surface area contributed by atoms with Gasteiger partial charge in [0.05, 0.1) is 6.26 Å². The van der Waals surface area contributed by atoms with Crippen LogP contribution in [0.5, 0.6) is 0 Å². The van der Waals surface area contributed by atoms with Gasteiger partial charge in [-0.1, -0.05) is 12.8 Å². The Morgan fingerprint density at radius 3 is 2.46 bits per heavy atom. The fourth-order valence-corrected chi connectivity index (χ4v) is 1.31. The topological polar surface area (TPSA) is 50.3 Å². The summed E-state index contributed by atoms with van der Waals surface area (Å²) in [6.07, 6.45) is 4.33. The molecule has 72 valence electrons. The zero-order valence-electron chi connectivity index (χ0n) is 7.08. The lowest BCUT2D eigenvalue weighted by Crippen LogP contribution is -2.19. The third-order valence-electron chi connectivity index (χ3n) is 1.45. The molecule has 1 aromatic heterocycles. The van der Waals surface area contributed by atoms with E-state index in [9.17, 15) is 8.42 Å². The minimum atomic E-state index is -3.22. The van der Waals surface area contributed by atoms with Crippen LogP contribution in [0.1, 0.15) is 5.56 Å². The second-order valence-corrected chi connectivity index (χ2v) is 5.26. The van der Waals surface area contributed by atoms with Gasteiger partial charge in [0.1, 0.15) is 0 Å². The van der Waals surface area contributed by atoms with Crippen LogP contribution >= 0.6 is 12.8 Å². The van der Waals surface area contributed by atoms with E-state index in [0.717, 1.165) is 15.5 Å². The Morgan fingerprint density at radius 1 is 1.46 bits per heavy atom. The lowest BCUT2D eigenvalue weighted by atomic mass is 10.3. The van der Waals surface area contributed by atoms with Gasteiger partial charge in [-0.3, -0.25) is 4.98 Å². The van der Waals surface area contributed by atoms with Crippen molar-refractivity contribution < 1.29 is 8.42 Å². The molecule has 0 aliphatic rings. The molecule has 0 atom stereocenters. The van der Waals surface area contributed by atoms with E-state index in [0.29, 0.717) is 0 Å². The Hall–Kier alpha value is -0.590. The van der Waals surface area contributed by atoms with Gasteiger partial charge in [0, 0.05) is 18.9 Å². The number of hydrogen-bond donors (Lipinski definition) is 1. The van der Waals surface area contributed by atoms with Gasteiger partial charge in [0.2, 0.25) is 10.0 Å². The Balaban J connectivity index is 2.72. The lowest BCUT2D eigenvalue weighted by molar-refractivity contribution is 0.549. The van der Waals surface area contributed by atoms with E-state index < -0.39 is 10.0 Å². The van der Waals surface area contributed by atoms with Crippen LogP contribution in [0.2, 0.25) is 0 Å². The average Bonchev–Trinajstić information content (AvgIpc) is 2.04. The van der Waals surface area contributed by atoms with Crippen molar-refractivity contribution in [2.45, 2.75) is 6.54 Å². The van der Waals surface area contributed by atoms with E-state index in [-0.39, 0.29) is 6.54 Å². The molecule has 0 aromatic carbocycles. The number of aromatic nitrogens is 1. The summed E-state index contributed by atoms with van der Waals surface area (Å²) in [7, 11) is -3.22. The summed E-state index contributed by atoms with van der Waals surface area (Å²) in [4.78, 5) is 3.82. The molecule has 1 heterocycles. The molecule has 0 radical (unpaired) electrons. The summed E-state index contributed by atoms with van der Waals surface area (Å²) in [5.74, 6) is 0. The first-order valence-electron chi connectivity index (χ1n) is 3.55. The van der Waals surface area contributed by atoms with Gasteiger partial charge in [-0.25, -0.2) is 8.42 Å². The molecular weight excluding hydrogens is 208 g/mol. The molecule has 0 spiro atoms. The van der Waals surface area contributed by atoms with Crippen molar-refractivity contribution in [2.24, 2.45) is 0 Å². The van der Waals surface area contributed by atoms with Crippen LogP contribution in [0.15, 0.2) is 24.5 Å². The molecule has 0 aliphatic carbocycles. The number of hydrogen-bond acceptors (Lipinski definition) is 4. The monoisotopic (exact) mass is 218 g/mol. The smallest absolute Gasteiger partial charge is 0.220 e. The van der Waals surface area contributed by atoms with Crippen molar-refractivity contribution in [3.05, 3.63) is 30.1 Å². The number of nitrogens with zero attached hydrogens (tertiary/aromatic N) is 2. The average molecular weight is 218 g/mol. The second-order valence-electron chi connectivity index (χ2n) is 2.60. The van der Waals surface area contributed by atoms with Gasteiger partial charge >= 0.3 is 0 Å². The van der Waals surface area contributed by atoms with E-state index >= 15 is 0 Å². The minimum Gasteiger partial charge on any atom is -0.265 e. The number of rotatable bonds is 3. The molecule has 0 unspecified atom stereocenters. The van der Waals surface area contributed by atoms with Crippen LogP contribution < -0.4 is 0 Å². The molecule has 0 N–H and O–H groups in total. The van der Waals surface area contributed by atoms with E-state index in [2.05, 4.69) is 17.8 Å². The summed E-state index contributed by atoms with van der Waals surface area (Å²) < 4.78 is 22.9. The van der Waals surface area contributed by atoms with Crippen LogP contribution in [0.3, 0.4) is 0 Å². The molecule has 0 bridgehead atoms. The van der Waals surface area contributed by atoms with Crippen LogP contribution in [-0.2, 0) is 16.6 Å². The zero-order chi connectivity index (χ0) is 9.90.